The number of hydrogen-bond donors (Lipinski definition) is 1. The zero-order chi connectivity index (χ0) is 18.2. The minimum Gasteiger partial charge on any atom is -0.481 e. The Labute approximate surface area is 148 Å². The van der Waals surface area contributed by atoms with Gasteiger partial charge in [-0.1, -0.05) is 24.3 Å². The van der Waals surface area contributed by atoms with E-state index in [1.54, 1.807) is 6.07 Å². The van der Waals surface area contributed by atoms with Gasteiger partial charge in [-0.05, 0) is 48.2 Å². The lowest BCUT2D eigenvalue weighted by Gasteiger charge is -2.14. The topological polar surface area (TPSA) is 71.3 Å². The largest absolute Gasteiger partial charge is 0.481 e. The minimum absolute atomic E-state index is 0.0923. The van der Waals surface area contributed by atoms with E-state index in [9.17, 15) is 4.79 Å². The lowest BCUT2D eigenvalue weighted by Crippen LogP contribution is -2.15. The number of rotatable bonds is 7. The predicted molar refractivity (Wildman–Crippen MR) is 95.1 cm³/mol. The molecule has 0 aliphatic carbocycles. The van der Waals surface area contributed by atoms with Crippen LogP contribution in [-0.2, 0) is 22.6 Å². The van der Waals surface area contributed by atoms with Crippen LogP contribution in [0.15, 0.2) is 36.4 Å². The van der Waals surface area contributed by atoms with Crippen molar-refractivity contribution in [2.45, 2.75) is 26.9 Å². The average Bonchev–Trinajstić information content (AvgIpc) is 2.61. The van der Waals surface area contributed by atoms with Crippen molar-refractivity contribution in [3.8, 4) is 11.8 Å². The van der Waals surface area contributed by atoms with Crippen LogP contribution in [0.25, 0.3) is 0 Å². The zero-order valence-corrected chi connectivity index (χ0v) is 14.8. The van der Waals surface area contributed by atoms with Crippen molar-refractivity contribution in [2.24, 2.45) is 0 Å². The van der Waals surface area contributed by atoms with Crippen LogP contribution in [0.5, 0.6) is 5.75 Å². The smallest absolute Gasteiger partial charge is 0.343 e. The van der Waals surface area contributed by atoms with Gasteiger partial charge in [-0.15, -0.1) is 0 Å². The summed E-state index contributed by atoms with van der Waals surface area (Å²) in [4.78, 5) is 11.2. The third-order valence-electron chi connectivity index (χ3n) is 3.80. The summed E-state index contributed by atoms with van der Waals surface area (Å²) >= 11 is 0. The number of nitrogens with one attached hydrogen (secondary N) is 1. The number of hydrogen-bond acceptors (Lipinski definition) is 5. The normalized spacial score (nSPS) is 10.2. The number of ether oxygens (including phenoxy) is 2. The van der Waals surface area contributed by atoms with Crippen LogP contribution in [-0.4, -0.2) is 19.7 Å². The van der Waals surface area contributed by atoms with Gasteiger partial charge in [-0.25, -0.2) is 4.79 Å². The Hall–Kier alpha value is -2.84. The number of esters is 1. The van der Waals surface area contributed by atoms with E-state index in [0.29, 0.717) is 18.7 Å². The van der Waals surface area contributed by atoms with E-state index in [1.807, 2.05) is 44.2 Å². The van der Waals surface area contributed by atoms with Crippen LogP contribution in [0.4, 0.5) is 0 Å². The maximum atomic E-state index is 11.2. The molecule has 0 aliphatic heterocycles. The summed E-state index contributed by atoms with van der Waals surface area (Å²) in [6, 6.07) is 13.8. The number of carbonyl (C=O) groups is 1. The molecular formula is C20H22N2O3. The standard InChI is InChI=1S/C20H22N2O3/c1-14-7-18(8-15(2)20(14)25-13-19(23)24-3)12-22-11-17-6-4-5-16(9-17)10-21/h4-9,22H,11-13H2,1-3H3. The molecule has 5 nitrogen and oxygen atoms in total. The lowest BCUT2D eigenvalue weighted by molar-refractivity contribution is -0.142. The third kappa shape index (κ3) is 5.33. The first kappa shape index (κ1) is 18.5. The summed E-state index contributed by atoms with van der Waals surface area (Å²) in [6.45, 7) is 5.22. The van der Waals surface area contributed by atoms with Gasteiger partial charge < -0.3 is 14.8 Å². The third-order valence-corrected chi connectivity index (χ3v) is 3.80. The van der Waals surface area contributed by atoms with Crippen molar-refractivity contribution in [1.29, 1.82) is 5.26 Å². The fraction of sp³-hybridized carbons (Fsp3) is 0.300. The number of nitriles is 1. The first-order valence-corrected chi connectivity index (χ1v) is 8.03. The molecule has 0 saturated carbocycles. The molecule has 130 valence electrons. The number of methoxy groups -OCH3 is 1. The maximum Gasteiger partial charge on any atom is 0.343 e. The fourth-order valence-corrected chi connectivity index (χ4v) is 2.66. The Kier molecular flexibility index (Phi) is 6.55. The molecule has 2 aromatic carbocycles. The highest BCUT2D eigenvalue weighted by Gasteiger charge is 2.09. The molecule has 0 amide bonds. The molecule has 0 fully saturated rings. The van der Waals surface area contributed by atoms with Crippen molar-refractivity contribution in [3.63, 3.8) is 0 Å². The van der Waals surface area contributed by atoms with Gasteiger partial charge >= 0.3 is 5.97 Å². The Morgan fingerprint density at radius 1 is 1.12 bits per heavy atom. The van der Waals surface area contributed by atoms with Crippen LogP contribution in [0.3, 0.4) is 0 Å². The molecule has 5 heteroatoms. The van der Waals surface area contributed by atoms with E-state index in [4.69, 9.17) is 10.00 Å². The number of carbonyl (C=O) groups excluding carboxylic acids is 1. The van der Waals surface area contributed by atoms with Gasteiger partial charge in [0.15, 0.2) is 6.61 Å². The SMILES string of the molecule is COC(=O)COc1c(C)cc(CNCc2cccc(C#N)c2)cc1C. The van der Waals surface area contributed by atoms with Crippen molar-refractivity contribution in [1.82, 2.24) is 5.32 Å². The summed E-state index contributed by atoms with van der Waals surface area (Å²) in [5, 5.41) is 12.3. The summed E-state index contributed by atoms with van der Waals surface area (Å²) in [5.41, 5.74) is 4.83. The number of nitrogens with zero attached hydrogens (tertiary/aromatic N) is 1. The predicted octanol–water partition coefficient (Wildman–Crippen LogP) is 3.02. The molecule has 0 spiro atoms. The maximum absolute atomic E-state index is 11.2. The highest BCUT2D eigenvalue weighted by molar-refractivity contribution is 5.71. The fourth-order valence-electron chi connectivity index (χ4n) is 2.66. The Morgan fingerprint density at radius 2 is 1.80 bits per heavy atom. The summed E-state index contributed by atoms with van der Waals surface area (Å²) in [5.74, 6) is 0.319. The first-order valence-electron chi connectivity index (χ1n) is 8.03. The van der Waals surface area contributed by atoms with Crippen LogP contribution in [0.1, 0.15) is 27.8 Å². The van der Waals surface area contributed by atoms with E-state index in [2.05, 4.69) is 16.1 Å². The van der Waals surface area contributed by atoms with Crippen LogP contribution in [0.2, 0.25) is 0 Å². The molecule has 0 aromatic heterocycles. The average molecular weight is 338 g/mol. The van der Waals surface area contributed by atoms with Gasteiger partial charge in [0, 0.05) is 13.1 Å². The van der Waals surface area contributed by atoms with Crippen molar-refractivity contribution < 1.29 is 14.3 Å². The molecule has 25 heavy (non-hydrogen) atoms. The van der Waals surface area contributed by atoms with Crippen molar-refractivity contribution in [3.05, 3.63) is 64.2 Å². The molecule has 0 radical (unpaired) electrons. The van der Waals surface area contributed by atoms with Crippen LogP contribution < -0.4 is 10.1 Å². The second kappa shape index (κ2) is 8.86. The van der Waals surface area contributed by atoms with Crippen molar-refractivity contribution in [2.75, 3.05) is 13.7 Å². The number of aryl methyl sites for hydroxylation is 2. The van der Waals surface area contributed by atoms with Gasteiger partial charge in [0.2, 0.25) is 0 Å². The second-order valence-electron chi connectivity index (χ2n) is 5.84. The second-order valence-corrected chi connectivity index (χ2v) is 5.84. The van der Waals surface area contributed by atoms with Crippen LogP contribution in [0, 0.1) is 25.2 Å². The Bertz CT molecular complexity index is 771. The molecule has 0 bridgehead atoms. The van der Waals surface area contributed by atoms with Gasteiger partial charge in [0.05, 0.1) is 18.7 Å². The van der Waals surface area contributed by atoms with Crippen molar-refractivity contribution >= 4 is 5.97 Å². The van der Waals surface area contributed by atoms with E-state index >= 15 is 0 Å². The van der Waals surface area contributed by atoms with E-state index in [1.165, 1.54) is 7.11 Å². The summed E-state index contributed by atoms with van der Waals surface area (Å²) in [6.07, 6.45) is 0. The first-order chi connectivity index (χ1) is 12.0. The molecule has 0 aliphatic rings. The quantitative estimate of drug-likeness (QED) is 0.786. The lowest BCUT2D eigenvalue weighted by atomic mass is 10.1. The molecule has 0 saturated heterocycles. The van der Waals surface area contributed by atoms with Gasteiger partial charge in [0.25, 0.3) is 0 Å². The molecule has 1 N–H and O–H groups in total. The van der Waals surface area contributed by atoms with E-state index in [0.717, 1.165) is 28.0 Å². The molecule has 2 aromatic rings. The molecule has 2 rings (SSSR count). The summed E-state index contributed by atoms with van der Waals surface area (Å²) < 4.78 is 10.1. The molecule has 0 atom stereocenters. The molecule has 0 unspecified atom stereocenters. The summed E-state index contributed by atoms with van der Waals surface area (Å²) in [7, 11) is 1.34. The Morgan fingerprint density at radius 3 is 2.44 bits per heavy atom. The van der Waals surface area contributed by atoms with E-state index < -0.39 is 5.97 Å². The molecule has 0 heterocycles. The number of benzene rings is 2. The monoisotopic (exact) mass is 338 g/mol. The minimum atomic E-state index is -0.399. The van der Waals surface area contributed by atoms with E-state index in [-0.39, 0.29) is 6.61 Å². The Balaban J connectivity index is 1.96. The highest BCUT2D eigenvalue weighted by Crippen LogP contribution is 2.25. The van der Waals surface area contributed by atoms with Gasteiger partial charge in [0.1, 0.15) is 5.75 Å². The highest BCUT2D eigenvalue weighted by atomic mass is 16.6. The molecular weight excluding hydrogens is 316 g/mol. The van der Waals surface area contributed by atoms with Gasteiger partial charge in [-0.3, -0.25) is 0 Å². The van der Waals surface area contributed by atoms with Gasteiger partial charge in [-0.2, -0.15) is 5.26 Å². The van der Waals surface area contributed by atoms with Crippen LogP contribution >= 0.6 is 0 Å². The zero-order valence-electron chi connectivity index (χ0n) is 14.8.